The van der Waals surface area contributed by atoms with Gasteiger partial charge < -0.3 is 14.8 Å². The molecule has 3 aromatic rings. The van der Waals surface area contributed by atoms with Crippen molar-refractivity contribution in [1.82, 2.24) is 4.90 Å². The van der Waals surface area contributed by atoms with Crippen molar-refractivity contribution < 1.29 is 14.3 Å². The molecule has 0 aliphatic heterocycles. The number of methoxy groups -OCH3 is 1. The van der Waals surface area contributed by atoms with Gasteiger partial charge in [-0.05, 0) is 61.3 Å². The summed E-state index contributed by atoms with van der Waals surface area (Å²) in [6, 6.07) is 21.9. The van der Waals surface area contributed by atoms with Crippen molar-refractivity contribution in [3.05, 3.63) is 89.0 Å². The number of hydrogen-bond acceptors (Lipinski definition) is 4. The van der Waals surface area contributed by atoms with Gasteiger partial charge in [0.25, 0.3) is 0 Å². The van der Waals surface area contributed by atoms with Gasteiger partial charge >= 0.3 is 0 Å². The summed E-state index contributed by atoms with van der Waals surface area (Å²) in [5.41, 5.74) is 5.18. The van der Waals surface area contributed by atoms with Crippen LogP contribution in [0.15, 0.2) is 66.7 Å². The molecule has 3 aromatic carbocycles. The third-order valence-corrected chi connectivity index (χ3v) is 5.00. The summed E-state index contributed by atoms with van der Waals surface area (Å²) >= 11 is 0. The molecule has 3 rings (SSSR count). The second-order valence-corrected chi connectivity index (χ2v) is 7.80. The van der Waals surface area contributed by atoms with Crippen molar-refractivity contribution in [3.8, 4) is 11.5 Å². The van der Waals surface area contributed by atoms with Crippen LogP contribution in [0.25, 0.3) is 0 Å². The maximum absolute atomic E-state index is 12.5. The smallest absolute Gasteiger partial charge is 0.238 e. The number of anilines is 1. The fraction of sp³-hybridized carbons (Fsp3) is 0.269. The minimum Gasteiger partial charge on any atom is -0.493 e. The number of hydrogen-bond donors (Lipinski definition) is 1. The molecular formula is C26H30N2O3. The largest absolute Gasteiger partial charge is 0.493 e. The van der Waals surface area contributed by atoms with Gasteiger partial charge in [-0.3, -0.25) is 9.69 Å². The lowest BCUT2D eigenvalue weighted by Crippen LogP contribution is -2.30. The first-order valence-corrected chi connectivity index (χ1v) is 10.3. The standard InChI is InChI=1S/C26H30N2O3/c1-19-10-11-20(2)23(14-19)27-26(29)17-28(3)16-22-12-13-24(25(15-22)30-4)31-18-21-8-6-5-7-9-21/h5-15H,16-18H2,1-4H3,(H,27,29). The van der Waals surface area contributed by atoms with Crippen molar-refractivity contribution in [2.24, 2.45) is 0 Å². The first-order valence-electron chi connectivity index (χ1n) is 10.3. The molecule has 1 amide bonds. The highest BCUT2D eigenvalue weighted by Crippen LogP contribution is 2.29. The average Bonchev–Trinajstić information content (AvgIpc) is 2.75. The minimum absolute atomic E-state index is 0.0361. The van der Waals surface area contributed by atoms with Crippen molar-refractivity contribution in [3.63, 3.8) is 0 Å². The first kappa shape index (κ1) is 22.4. The number of likely N-dealkylation sites (N-methyl/N-ethyl adjacent to an activating group) is 1. The third kappa shape index (κ3) is 6.59. The SMILES string of the molecule is COc1cc(CN(C)CC(=O)Nc2cc(C)ccc2C)ccc1OCc1ccccc1. The van der Waals surface area contributed by atoms with Gasteiger partial charge in [0.15, 0.2) is 11.5 Å². The number of carbonyl (C=O) groups excluding carboxylic acids is 1. The van der Waals surface area contributed by atoms with Gasteiger partial charge in [-0.2, -0.15) is 0 Å². The molecule has 162 valence electrons. The molecule has 0 unspecified atom stereocenters. The molecule has 0 fully saturated rings. The molecule has 0 atom stereocenters. The number of nitrogens with one attached hydrogen (secondary N) is 1. The topological polar surface area (TPSA) is 50.8 Å². The number of ether oxygens (including phenoxy) is 2. The van der Waals surface area contributed by atoms with E-state index in [2.05, 4.69) is 5.32 Å². The van der Waals surface area contributed by atoms with Crippen LogP contribution in [0.5, 0.6) is 11.5 Å². The van der Waals surface area contributed by atoms with Crippen LogP contribution in [0.1, 0.15) is 22.3 Å². The lowest BCUT2D eigenvalue weighted by molar-refractivity contribution is -0.117. The Hall–Kier alpha value is -3.31. The Morgan fingerprint density at radius 2 is 1.71 bits per heavy atom. The Balaban J connectivity index is 1.57. The highest BCUT2D eigenvalue weighted by atomic mass is 16.5. The van der Waals surface area contributed by atoms with E-state index in [1.54, 1.807) is 7.11 Å². The monoisotopic (exact) mass is 418 g/mol. The Morgan fingerprint density at radius 3 is 2.45 bits per heavy atom. The molecule has 0 heterocycles. The van der Waals surface area contributed by atoms with E-state index in [9.17, 15) is 4.79 Å². The molecule has 0 aliphatic carbocycles. The minimum atomic E-state index is -0.0361. The average molecular weight is 419 g/mol. The zero-order chi connectivity index (χ0) is 22.2. The lowest BCUT2D eigenvalue weighted by Gasteiger charge is -2.18. The molecule has 0 radical (unpaired) electrons. The van der Waals surface area contributed by atoms with Crippen LogP contribution in [-0.4, -0.2) is 31.5 Å². The van der Waals surface area contributed by atoms with E-state index in [1.165, 1.54) is 0 Å². The van der Waals surface area contributed by atoms with Crippen LogP contribution < -0.4 is 14.8 Å². The maximum atomic E-state index is 12.5. The second-order valence-electron chi connectivity index (χ2n) is 7.80. The number of benzene rings is 3. The summed E-state index contributed by atoms with van der Waals surface area (Å²) in [5.74, 6) is 1.35. The number of aryl methyl sites for hydroxylation is 2. The maximum Gasteiger partial charge on any atom is 0.238 e. The number of amides is 1. The second kappa shape index (κ2) is 10.6. The molecule has 0 aromatic heterocycles. The Bertz CT molecular complexity index is 1020. The Kier molecular flexibility index (Phi) is 7.68. The molecule has 0 bridgehead atoms. The van der Waals surface area contributed by atoms with Gasteiger partial charge in [-0.1, -0.05) is 48.5 Å². The molecule has 0 aliphatic rings. The van der Waals surface area contributed by atoms with Crippen molar-refractivity contribution >= 4 is 11.6 Å². The number of rotatable bonds is 9. The summed E-state index contributed by atoms with van der Waals surface area (Å²) in [6.07, 6.45) is 0. The molecular weight excluding hydrogens is 388 g/mol. The Labute approximate surface area is 184 Å². The fourth-order valence-electron chi connectivity index (χ4n) is 3.34. The van der Waals surface area contributed by atoms with E-state index in [4.69, 9.17) is 9.47 Å². The molecule has 0 saturated heterocycles. The van der Waals surface area contributed by atoms with Crippen LogP contribution in [0.3, 0.4) is 0 Å². The zero-order valence-electron chi connectivity index (χ0n) is 18.6. The normalized spacial score (nSPS) is 10.7. The van der Waals surface area contributed by atoms with Gasteiger partial charge in [0.05, 0.1) is 13.7 Å². The predicted octanol–water partition coefficient (Wildman–Crippen LogP) is 4.96. The van der Waals surface area contributed by atoms with Crippen molar-refractivity contribution in [1.29, 1.82) is 0 Å². The number of nitrogens with zero attached hydrogens (tertiary/aromatic N) is 1. The van der Waals surface area contributed by atoms with Gasteiger partial charge in [0.2, 0.25) is 5.91 Å². The van der Waals surface area contributed by atoms with Crippen LogP contribution >= 0.6 is 0 Å². The number of carbonyl (C=O) groups is 1. The van der Waals surface area contributed by atoms with Gasteiger partial charge in [-0.25, -0.2) is 0 Å². The van der Waals surface area contributed by atoms with Crippen LogP contribution in [0, 0.1) is 13.8 Å². The van der Waals surface area contributed by atoms with Crippen molar-refractivity contribution in [2.75, 3.05) is 26.0 Å². The highest BCUT2D eigenvalue weighted by Gasteiger charge is 2.11. The van der Waals surface area contributed by atoms with E-state index in [1.807, 2.05) is 92.5 Å². The molecule has 31 heavy (non-hydrogen) atoms. The van der Waals surface area contributed by atoms with E-state index in [0.717, 1.165) is 27.9 Å². The third-order valence-electron chi connectivity index (χ3n) is 5.00. The fourth-order valence-corrected chi connectivity index (χ4v) is 3.34. The molecule has 0 spiro atoms. The zero-order valence-corrected chi connectivity index (χ0v) is 18.6. The molecule has 5 nitrogen and oxygen atoms in total. The summed E-state index contributed by atoms with van der Waals surface area (Å²) in [5, 5.41) is 3.01. The summed E-state index contributed by atoms with van der Waals surface area (Å²) in [4.78, 5) is 14.4. The summed E-state index contributed by atoms with van der Waals surface area (Å²) in [7, 11) is 3.56. The van der Waals surface area contributed by atoms with E-state index < -0.39 is 0 Å². The van der Waals surface area contributed by atoms with Gasteiger partial charge in [-0.15, -0.1) is 0 Å². The van der Waals surface area contributed by atoms with Gasteiger partial charge in [0, 0.05) is 12.2 Å². The quantitative estimate of drug-likeness (QED) is 0.534. The molecule has 1 N–H and O–H groups in total. The van der Waals surface area contributed by atoms with E-state index >= 15 is 0 Å². The Morgan fingerprint density at radius 1 is 0.935 bits per heavy atom. The summed E-state index contributed by atoms with van der Waals surface area (Å²) in [6.45, 7) is 5.40. The van der Waals surface area contributed by atoms with Crippen LogP contribution in [-0.2, 0) is 17.9 Å². The first-order chi connectivity index (χ1) is 14.9. The lowest BCUT2D eigenvalue weighted by atomic mass is 10.1. The summed E-state index contributed by atoms with van der Waals surface area (Å²) < 4.78 is 11.4. The van der Waals surface area contributed by atoms with Crippen molar-refractivity contribution in [2.45, 2.75) is 27.0 Å². The van der Waals surface area contributed by atoms with Crippen LogP contribution in [0.4, 0.5) is 5.69 Å². The van der Waals surface area contributed by atoms with E-state index in [0.29, 0.717) is 31.2 Å². The molecule has 5 heteroatoms. The predicted molar refractivity (Wildman–Crippen MR) is 125 cm³/mol. The van der Waals surface area contributed by atoms with Gasteiger partial charge in [0.1, 0.15) is 6.61 Å². The van der Waals surface area contributed by atoms with E-state index in [-0.39, 0.29) is 5.91 Å². The van der Waals surface area contributed by atoms with Crippen LogP contribution in [0.2, 0.25) is 0 Å². The highest BCUT2D eigenvalue weighted by molar-refractivity contribution is 5.93. The molecule has 0 saturated carbocycles.